The molecule has 0 bridgehead atoms. The Labute approximate surface area is 65.2 Å². The molecule has 0 fully saturated rings. The summed E-state index contributed by atoms with van der Waals surface area (Å²) in [7, 11) is 0. The highest BCUT2D eigenvalue weighted by Crippen LogP contribution is 2.17. The maximum Gasteiger partial charge on any atom is 0.181 e. The summed E-state index contributed by atoms with van der Waals surface area (Å²) in [6.07, 6.45) is 0. The van der Waals surface area contributed by atoms with Crippen LogP contribution in [0.15, 0.2) is 4.99 Å². The third-order valence-corrected chi connectivity index (χ3v) is 2.10. The Hall–Kier alpha value is -0.220. The molecule has 0 aromatic rings. The van der Waals surface area contributed by atoms with Crippen molar-refractivity contribution in [3.8, 4) is 0 Å². The van der Waals surface area contributed by atoms with Crippen molar-refractivity contribution in [1.82, 2.24) is 5.48 Å². The number of hydrogen-bond donors (Lipinski definition) is 1. The van der Waals surface area contributed by atoms with Gasteiger partial charge in [0.15, 0.2) is 5.17 Å². The molecule has 0 aromatic carbocycles. The number of thioether (sulfide) groups is 1. The number of nitrogens with zero attached hydrogens (tertiary/aromatic N) is 1. The van der Waals surface area contributed by atoms with E-state index in [1.807, 2.05) is 6.92 Å². The van der Waals surface area contributed by atoms with E-state index >= 15 is 0 Å². The molecule has 3 nitrogen and oxygen atoms in total. The summed E-state index contributed by atoms with van der Waals surface area (Å²) in [4.78, 5) is 9.16. The summed E-state index contributed by atoms with van der Waals surface area (Å²) in [5.74, 6) is 0. The van der Waals surface area contributed by atoms with Crippen molar-refractivity contribution in [3.63, 3.8) is 0 Å². The molecule has 0 saturated carbocycles. The first-order chi connectivity index (χ1) is 4.83. The van der Waals surface area contributed by atoms with Gasteiger partial charge in [0.25, 0.3) is 0 Å². The molecule has 0 amide bonds. The average molecular weight is 160 g/mol. The van der Waals surface area contributed by atoms with Crippen LogP contribution in [0.4, 0.5) is 0 Å². The Bertz CT molecular complexity index is 138. The van der Waals surface area contributed by atoms with Crippen molar-refractivity contribution in [2.24, 2.45) is 4.99 Å². The summed E-state index contributed by atoms with van der Waals surface area (Å²) in [6, 6.07) is 0. The van der Waals surface area contributed by atoms with Crippen LogP contribution in [0, 0.1) is 0 Å². The van der Waals surface area contributed by atoms with E-state index in [4.69, 9.17) is 4.84 Å². The molecule has 58 valence electrons. The van der Waals surface area contributed by atoms with Crippen LogP contribution in [-0.4, -0.2) is 23.6 Å². The minimum Gasteiger partial charge on any atom is -0.275 e. The molecule has 1 heterocycles. The second kappa shape index (κ2) is 3.83. The van der Waals surface area contributed by atoms with Gasteiger partial charge in [0, 0.05) is 5.25 Å². The van der Waals surface area contributed by atoms with Gasteiger partial charge in [-0.15, -0.1) is 0 Å². The molecule has 0 aliphatic carbocycles. The Balaban J connectivity index is 2.17. The lowest BCUT2D eigenvalue weighted by Gasteiger charge is -2.02. The van der Waals surface area contributed by atoms with Crippen LogP contribution >= 0.6 is 11.8 Å². The van der Waals surface area contributed by atoms with Gasteiger partial charge < -0.3 is 0 Å². The quantitative estimate of drug-likeness (QED) is 0.612. The van der Waals surface area contributed by atoms with Crippen molar-refractivity contribution < 1.29 is 4.84 Å². The number of rotatable bonds is 2. The normalized spacial score (nSPS) is 24.6. The van der Waals surface area contributed by atoms with Gasteiger partial charge in [-0.2, -0.15) is 0 Å². The molecule has 4 heteroatoms. The van der Waals surface area contributed by atoms with Gasteiger partial charge in [-0.3, -0.25) is 9.83 Å². The predicted molar refractivity (Wildman–Crippen MR) is 44.1 cm³/mol. The fraction of sp³-hybridized carbons (Fsp3) is 0.833. The Morgan fingerprint density at radius 1 is 1.90 bits per heavy atom. The van der Waals surface area contributed by atoms with Crippen LogP contribution < -0.4 is 5.48 Å². The molecule has 10 heavy (non-hydrogen) atoms. The fourth-order valence-corrected chi connectivity index (χ4v) is 1.45. The van der Waals surface area contributed by atoms with E-state index in [0.717, 1.165) is 11.7 Å². The van der Waals surface area contributed by atoms with Gasteiger partial charge in [0.2, 0.25) is 0 Å². The van der Waals surface area contributed by atoms with E-state index in [-0.39, 0.29) is 0 Å². The Kier molecular flexibility index (Phi) is 3.02. The van der Waals surface area contributed by atoms with Crippen molar-refractivity contribution in [2.75, 3.05) is 13.2 Å². The molecule has 0 spiro atoms. The molecule has 1 atom stereocenters. The monoisotopic (exact) mass is 160 g/mol. The summed E-state index contributed by atoms with van der Waals surface area (Å²) in [5.41, 5.74) is 2.77. The van der Waals surface area contributed by atoms with E-state index in [1.54, 1.807) is 11.8 Å². The first-order valence-electron chi connectivity index (χ1n) is 3.42. The highest BCUT2D eigenvalue weighted by atomic mass is 32.2. The van der Waals surface area contributed by atoms with Crippen molar-refractivity contribution in [3.05, 3.63) is 0 Å². The molecule has 0 radical (unpaired) electrons. The number of aliphatic imine (C=N–C) groups is 1. The fourth-order valence-electron chi connectivity index (χ4n) is 0.667. The minimum absolute atomic E-state index is 0.600. The van der Waals surface area contributed by atoms with Crippen LogP contribution in [0.3, 0.4) is 0 Å². The highest BCUT2D eigenvalue weighted by molar-refractivity contribution is 8.14. The lowest BCUT2D eigenvalue weighted by atomic mass is 10.5. The first-order valence-corrected chi connectivity index (χ1v) is 4.29. The molecule has 0 unspecified atom stereocenters. The smallest absolute Gasteiger partial charge is 0.181 e. The van der Waals surface area contributed by atoms with Gasteiger partial charge in [0.1, 0.15) is 0 Å². The molecule has 1 rings (SSSR count). The number of hydroxylamine groups is 1. The van der Waals surface area contributed by atoms with Crippen LogP contribution in [0.5, 0.6) is 0 Å². The summed E-state index contributed by atoms with van der Waals surface area (Å²) in [6.45, 7) is 5.67. The van der Waals surface area contributed by atoms with E-state index in [1.165, 1.54) is 0 Å². The zero-order valence-corrected chi connectivity index (χ0v) is 7.07. The van der Waals surface area contributed by atoms with Crippen molar-refractivity contribution in [2.45, 2.75) is 19.1 Å². The highest BCUT2D eigenvalue weighted by Gasteiger charge is 2.13. The zero-order valence-electron chi connectivity index (χ0n) is 6.26. The van der Waals surface area contributed by atoms with Gasteiger partial charge in [0.05, 0.1) is 13.2 Å². The molecule has 1 N–H and O–H groups in total. The van der Waals surface area contributed by atoms with Crippen molar-refractivity contribution >= 4 is 16.9 Å². The largest absolute Gasteiger partial charge is 0.275 e. The van der Waals surface area contributed by atoms with Gasteiger partial charge in [-0.1, -0.05) is 18.7 Å². The number of hydrogen-bond acceptors (Lipinski definition) is 4. The average Bonchev–Trinajstić information content (AvgIpc) is 2.31. The standard InChI is InChI=1S/C6H12N2OS/c1-3-9-8-6-7-4-5(2)10-6/h5H,3-4H2,1-2H3,(H,7,8)/t5-/m0/s1. The van der Waals surface area contributed by atoms with Crippen molar-refractivity contribution in [1.29, 1.82) is 0 Å². The number of nitrogens with one attached hydrogen (secondary N) is 1. The van der Waals surface area contributed by atoms with Gasteiger partial charge in [-0.05, 0) is 6.92 Å². The second-order valence-electron chi connectivity index (χ2n) is 2.11. The molecular weight excluding hydrogens is 148 g/mol. The zero-order chi connectivity index (χ0) is 7.40. The van der Waals surface area contributed by atoms with Gasteiger partial charge >= 0.3 is 0 Å². The van der Waals surface area contributed by atoms with Gasteiger partial charge in [-0.25, -0.2) is 5.48 Å². The van der Waals surface area contributed by atoms with Crippen LogP contribution in [0.2, 0.25) is 0 Å². The van der Waals surface area contributed by atoms with E-state index in [9.17, 15) is 0 Å². The van der Waals surface area contributed by atoms with Crippen LogP contribution in [-0.2, 0) is 4.84 Å². The lowest BCUT2D eigenvalue weighted by Crippen LogP contribution is -2.19. The van der Waals surface area contributed by atoms with E-state index in [0.29, 0.717) is 11.9 Å². The summed E-state index contributed by atoms with van der Waals surface area (Å²) in [5, 5.41) is 1.51. The summed E-state index contributed by atoms with van der Waals surface area (Å²) < 4.78 is 0. The second-order valence-corrected chi connectivity index (χ2v) is 3.54. The van der Waals surface area contributed by atoms with Crippen LogP contribution in [0.1, 0.15) is 13.8 Å². The van der Waals surface area contributed by atoms with E-state index in [2.05, 4.69) is 17.4 Å². The third kappa shape index (κ3) is 2.19. The Morgan fingerprint density at radius 2 is 2.70 bits per heavy atom. The van der Waals surface area contributed by atoms with E-state index < -0.39 is 0 Å². The Morgan fingerprint density at radius 3 is 3.20 bits per heavy atom. The van der Waals surface area contributed by atoms with Crippen LogP contribution in [0.25, 0.3) is 0 Å². The molecule has 0 saturated heterocycles. The lowest BCUT2D eigenvalue weighted by molar-refractivity contribution is 0.0992. The first kappa shape index (κ1) is 7.88. The maximum atomic E-state index is 4.96. The summed E-state index contributed by atoms with van der Waals surface area (Å²) >= 11 is 1.72. The maximum absolute atomic E-state index is 4.96. The predicted octanol–water partition coefficient (Wildman–Crippen LogP) is 1.02. The molecule has 1 aliphatic heterocycles. The molecule has 0 aromatic heterocycles. The SMILES string of the molecule is CCONC1=NC[C@H](C)S1. The molecule has 1 aliphatic rings. The third-order valence-electron chi connectivity index (χ3n) is 1.11. The number of amidine groups is 1. The minimum atomic E-state index is 0.600. The topological polar surface area (TPSA) is 33.6 Å². The molecular formula is C6H12N2OS.